The van der Waals surface area contributed by atoms with Gasteiger partial charge in [-0.2, -0.15) is 0 Å². The van der Waals surface area contributed by atoms with Crippen LogP contribution in [0.1, 0.15) is 25.7 Å². The van der Waals surface area contributed by atoms with Crippen molar-refractivity contribution >= 4 is 0 Å². The van der Waals surface area contributed by atoms with E-state index in [2.05, 4.69) is 55.0 Å². The lowest BCUT2D eigenvalue weighted by atomic mass is 10.2. The van der Waals surface area contributed by atoms with Gasteiger partial charge in [0.2, 0.25) is 0 Å². The highest BCUT2D eigenvalue weighted by atomic mass is 13.9. The smallest absolute Gasteiger partial charge is 0.00473 e. The van der Waals surface area contributed by atoms with Crippen LogP contribution in [-0.4, -0.2) is 0 Å². The molecule has 0 fully saturated rings. The molecule has 0 aromatic carbocycles. The first kappa shape index (κ1) is 10.0. The fraction of sp³-hybridized carbons (Fsp3) is 0.308. The Balaban J connectivity index is 2.38. The zero-order chi connectivity index (χ0) is 9.19. The summed E-state index contributed by atoms with van der Waals surface area (Å²) in [7, 11) is 0. The van der Waals surface area contributed by atoms with E-state index in [-0.39, 0.29) is 0 Å². The second kappa shape index (κ2) is 7.60. The minimum atomic E-state index is 1.05. The summed E-state index contributed by atoms with van der Waals surface area (Å²) in [4.78, 5) is 0. The molecule has 0 saturated heterocycles. The van der Waals surface area contributed by atoms with Crippen LogP contribution in [0.15, 0.2) is 48.6 Å². The molecule has 0 aliphatic heterocycles. The normalized spacial score (nSPS) is 28.9. The molecule has 1 radical (unpaired) electrons. The third kappa shape index (κ3) is 6.15. The standard InChI is InChI=1S/C13H17/c1-2-4-6-8-10-12-13-11-9-7-5-3-1/h1-7,10,12H,8-9,11,13H2/b2-1+,6-4-,7-5+,12-10+. The van der Waals surface area contributed by atoms with Crippen molar-refractivity contribution in [1.29, 1.82) is 0 Å². The lowest BCUT2D eigenvalue weighted by Gasteiger charge is -1.89. The van der Waals surface area contributed by atoms with Crippen molar-refractivity contribution in [2.45, 2.75) is 25.7 Å². The van der Waals surface area contributed by atoms with E-state index in [1.165, 1.54) is 19.3 Å². The molecule has 0 atom stereocenters. The molecule has 0 aromatic rings. The molecule has 0 spiro atoms. The Kier molecular flexibility index (Phi) is 5.87. The lowest BCUT2D eigenvalue weighted by Crippen LogP contribution is -1.69. The number of allylic oxidation sites excluding steroid dienone is 8. The topological polar surface area (TPSA) is 0 Å². The maximum Gasteiger partial charge on any atom is 0.00473 e. The van der Waals surface area contributed by atoms with Crippen molar-refractivity contribution in [2.24, 2.45) is 0 Å². The Morgan fingerprint density at radius 1 is 0.615 bits per heavy atom. The van der Waals surface area contributed by atoms with Gasteiger partial charge in [0.15, 0.2) is 0 Å². The fourth-order valence-electron chi connectivity index (χ4n) is 1.17. The first-order chi connectivity index (χ1) is 6.50. The highest BCUT2D eigenvalue weighted by molar-refractivity contribution is 5.14. The van der Waals surface area contributed by atoms with Crippen molar-refractivity contribution in [3.05, 3.63) is 55.0 Å². The molecule has 0 saturated carbocycles. The van der Waals surface area contributed by atoms with Crippen molar-refractivity contribution in [3.8, 4) is 0 Å². The third-order valence-corrected chi connectivity index (χ3v) is 1.90. The molecule has 0 heterocycles. The third-order valence-electron chi connectivity index (χ3n) is 1.90. The molecule has 0 heteroatoms. The minimum Gasteiger partial charge on any atom is -0.0882 e. The van der Waals surface area contributed by atoms with Gasteiger partial charge in [0.05, 0.1) is 0 Å². The van der Waals surface area contributed by atoms with Crippen molar-refractivity contribution in [2.75, 3.05) is 0 Å². The summed E-state index contributed by atoms with van der Waals surface area (Å²) in [5.74, 6) is 0. The van der Waals surface area contributed by atoms with Gasteiger partial charge >= 0.3 is 0 Å². The van der Waals surface area contributed by atoms with Crippen LogP contribution in [0.3, 0.4) is 0 Å². The fourth-order valence-corrected chi connectivity index (χ4v) is 1.17. The lowest BCUT2D eigenvalue weighted by molar-refractivity contribution is 0.866. The Morgan fingerprint density at radius 2 is 1.54 bits per heavy atom. The molecule has 1 rings (SSSR count). The summed E-state index contributed by atoms with van der Waals surface area (Å²) >= 11 is 0. The van der Waals surface area contributed by atoms with E-state index in [0.717, 1.165) is 6.42 Å². The summed E-state index contributed by atoms with van der Waals surface area (Å²) in [5.41, 5.74) is 0. The van der Waals surface area contributed by atoms with Crippen molar-refractivity contribution in [1.82, 2.24) is 0 Å². The molecular weight excluding hydrogens is 156 g/mol. The zero-order valence-electron chi connectivity index (χ0n) is 8.02. The molecule has 0 N–H and O–H groups in total. The van der Waals surface area contributed by atoms with E-state index in [4.69, 9.17) is 0 Å². The second-order valence-corrected chi connectivity index (χ2v) is 3.07. The van der Waals surface area contributed by atoms with Gasteiger partial charge in [0, 0.05) is 6.42 Å². The first-order valence-corrected chi connectivity index (χ1v) is 4.97. The van der Waals surface area contributed by atoms with Gasteiger partial charge in [0.25, 0.3) is 0 Å². The van der Waals surface area contributed by atoms with Gasteiger partial charge in [-0.15, -0.1) is 0 Å². The molecule has 0 nitrogen and oxygen atoms in total. The molecule has 0 bridgehead atoms. The van der Waals surface area contributed by atoms with Gasteiger partial charge < -0.3 is 0 Å². The Morgan fingerprint density at radius 3 is 2.54 bits per heavy atom. The zero-order valence-corrected chi connectivity index (χ0v) is 8.02. The van der Waals surface area contributed by atoms with Crippen LogP contribution in [0.4, 0.5) is 0 Å². The quantitative estimate of drug-likeness (QED) is 0.486. The van der Waals surface area contributed by atoms with E-state index in [1.807, 2.05) is 0 Å². The van der Waals surface area contributed by atoms with Crippen LogP contribution in [-0.2, 0) is 0 Å². The van der Waals surface area contributed by atoms with E-state index >= 15 is 0 Å². The minimum absolute atomic E-state index is 1.05. The predicted molar refractivity (Wildman–Crippen MR) is 59.3 cm³/mol. The maximum absolute atomic E-state index is 2.27. The van der Waals surface area contributed by atoms with Crippen LogP contribution < -0.4 is 0 Å². The SMILES string of the molecule is [CH]1/C=C/C=C\C/C=C/CCC/C=C/1. The van der Waals surface area contributed by atoms with Crippen molar-refractivity contribution in [3.63, 3.8) is 0 Å². The molecule has 0 amide bonds. The van der Waals surface area contributed by atoms with Crippen LogP contribution in [0.5, 0.6) is 0 Å². The largest absolute Gasteiger partial charge is 0.0882 e. The summed E-state index contributed by atoms with van der Waals surface area (Å²) in [6.07, 6.45) is 24.0. The van der Waals surface area contributed by atoms with Gasteiger partial charge in [-0.3, -0.25) is 0 Å². The molecule has 0 unspecified atom stereocenters. The van der Waals surface area contributed by atoms with Crippen LogP contribution in [0.2, 0.25) is 0 Å². The second-order valence-electron chi connectivity index (χ2n) is 3.07. The van der Waals surface area contributed by atoms with Crippen LogP contribution in [0, 0.1) is 6.42 Å². The molecule has 13 heavy (non-hydrogen) atoms. The van der Waals surface area contributed by atoms with Crippen LogP contribution in [0.25, 0.3) is 0 Å². The average Bonchev–Trinajstić information content (AvgIpc) is 2.18. The molecule has 1 aliphatic rings. The maximum atomic E-state index is 2.27. The summed E-state index contributed by atoms with van der Waals surface area (Å²) in [5, 5.41) is 0. The first-order valence-electron chi connectivity index (χ1n) is 4.97. The van der Waals surface area contributed by atoms with E-state index in [9.17, 15) is 0 Å². The van der Waals surface area contributed by atoms with E-state index in [1.54, 1.807) is 0 Å². The summed E-state index contributed by atoms with van der Waals surface area (Å²) < 4.78 is 0. The highest BCUT2D eigenvalue weighted by Gasteiger charge is 1.81. The molecule has 69 valence electrons. The van der Waals surface area contributed by atoms with Gasteiger partial charge in [-0.1, -0.05) is 48.6 Å². The Labute approximate surface area is 81.4 Å². The monoisotopic (exact) mass is 173 g/mol. The van der Waals surface area contributed by atoms with Crippen LogP contribution >= 0.6 is 0 Å². The highest BCUT2D eigenvalue weighted by Crippen LogP contribution is 2.00. The van der Waals surface area contributed by atoms with E-state index < -0.39 is 0 Å². The van der Waals surface area contributed by atoms with Gasteiger partial charge in [-0.05, 0) is 25.7 Å². The van der Waals surface area contributed by atoms with Gasteiger partial charge in [0.1, 0.15) is 0 Å². The van der Waals surface area contributed by atoms with Crippen molar-refractivity contribution < 1.29 is 0 Å². The van der Waals surface area contributed by atoms with Gasteiger partial charge in [-0.25, -0.2) is 0 Å². The van der Waals surface area contributed by atoms with E-state index in [0.29, 0.717) is 0 Å². The number of hydrogen-bond acceptors (Lipinski definition) is 0. The summed E-state index contributed by atoms with van der Waals surface area (Å²) in [6.45, 7) is 0. The number of hydrogen-bond donors (Lipinski definition) is 0. The molecular formula is C13H17. The predicted octanol–water partition coefficient (Wildman–Crippen LogP) is 3.99. The summed E-state index contributed by atoms with van der Waals surface area (Å²) in [6, 6.07) is 0. The molecule has 0 aromatic heterocycles. The Hall–Kier alpha value is -1.04. The Bertz CT molecular complexity index is 192. The molecule has 1 aliphatic carbocycles. The average molecular weight is 173 g/mol. The number of rotatable bonds is 0.